The van der Waals surface area contributed by atoms with Gasteiger partial charge in [0, 0.05) is 12.7 Å². The van der Waals surface area contributed by atoms with Gasteiger partial charge in [-0.2, -0.15) is 0 Å². The highest BCUT2D eigenvalue weighted by Crippen LogP contribution is 2.28. The van der Waals surface area contributed by atoms with Crippen LogP contribution in [0.1, 0.15) is 49.9 Å². The first-order chi connectivity index (χ1) is 18.2. The minimum atomic E-state index is -1.33. The molecule has 0 aliphatic heterocycles. The van der Waals surface area contributed by atoms with Gasteiger partial charge in [-0.3, -0.25) is 14.4 Å². The number of hydrogen-bond acceptors (Lipinski definition) is 5. The summed E-state index contributed by atoms with van der Waals surface area (Å²) >= 11 is 0. The van der Waals surface area contributed by atoms with E-state index in [1.165, 1.54) is 11.9 Å². The second-order valence-electron chi connectivity index (χ2n) is 10.6. The van der Waals surface area contributed by atoms with Crippen molar-refractivity contribution < 1.29 is 23.9 Å². The molecule has 3 aromatic carbocycles. The Morgan fingerprint density at radius 1 is 0.949 bits per heavy atom. The number of fused-ring (bicyclic) bond motifs is 1. The molecule has 0 aromatic heterocycles. The monoisotopic (exact) mass is 532 g/mol. The third-order valence-corrected chi connectivity index (χ3v) is 6.11. The molecule has 0 bridgehead atoms. The van der Waals surface area contributed by atoms with E-state index in [0.29, 0.717) is 11.3 Å². The van der Waals surface area contributed by atoms with E-state index in [-0.39, 0.29) is 0 Å². The summed E-state index contributed by atoms with van der Waals surface area (Å²) in [6.07, 6.45) is -1.34. The molecule has 3 rings (SSSR count). The van der Waals surface area contributed by atoms with Crippen molar-refractivity contribution in [1.29, 1.82) is 0 Å². The Labute approximate surface area is 228 Å². The number of likely N-dealkylation sites (N-methyl/N-ethyl adjacent to an activating group) is 1. The van der Waals surface area contributed by atoms with Gasteiger partial charge in [-0.25, -0.2) is 4.79 Å². The minimum Gasteiger partial charge on any atom is -0.444 e. The highest BCUT2D eigenvalue weighted by atomic mass is 16.6. The lowest BCUT2D eigenvalue weighted by molar-refractivity contribution is -0.140. The Bertz CT molecular complexity index is 1400. The topological polar surface area (TPSA) is 131 Å². The van der Waals surface area contributed by atoms with E-state index in [4.69, 9.17) is 10.5 Å². The van der Waals surface area contributed by atoms with Crippen LogP contribution < -0.4 is 16.4 Å². The number of carbonyl (C=O) groups is 4. The highest BCUT2D eigenvalue weighted by molar-refractivity contribution is 6.01. The van der Waals surface area contributed by atoms with Crippen molar-refractivity contribution in [1.82, 2.24) is 10.2 Å². The van der Waals surface area contributed by atoms with Crippen molar-refractivity contribution in [3.05, 3.63) is 77.4 Å². The number of nitrogens with zero attached hydrogens (tertiary/aromatic N) is 1. The molecule has 0 radical (unpaired) electrons. The number of primary amides is 1. The summed E-state index contributed by atoms with van der Waals surface area (Å²) in [4.78, 5) is 52.9. The second-order valence-corrected chi connectivity index (χ2v) is 10.6. The van der Waals surface area contributed by atoms with Gasteiger partial charge < -0.3 is 26.0 Å². The summed E-state index contributed by atoms with van der Waals surface area (Å²) in [6.45, 7) is 8.82. The van der Waals surface area contributed by atoms with Crippen LogP contribution >= 0.6 is 0 Å². The first-order valence-corrected chi connectivity index (χ1v) is 12.7. The average molecular weight is 533 g/mol. The number of ether oxygens (including phenoxy) is 1. The first-order valence-electron chi connectivity index (χ1n) is 12.7. The molecule has 3 aromatic rings. The van der Waals surface area contributed by atoms with E-state index in [1.54, 1.807) is 32.9 Å². The summed E-state index contributed by atoms with van der Waals surface area (Å²) < 4.78 is 5.27. The molecule has 9 heteroatoms. The van der Waals surface area contributed by atoms with Gasteiger partial charge >= 0.3 is 6.09 Å². The van der Waals surface area contributed by atoms with Crippen molar-refractivity contribution in [3.8, 4) is 0 Å². The molecular weight excluding hydrogens is 496 g/mol. The SMILES string of the molecule is Cc1ccc(C(C(=O)Nc2ccc3ccccc3c2)N(C)C(=O)C(CC(N)=O)NC(=O)OC(C)(C)C)c(C)c1. The first kappa shape index (κ1) is 29.2. The largest absolute Gasteiger partial charge is 0.444 e. The number of benzene rings is 3. The Morgan fingerprint density at radius 3 is 2.23 bits per heavy atom. The highest BCUT2D eigenvalue weighted by Gasteiger charge is 2.35. The number of alkyl carbamates (subject to hydrolysis) is 1. The molecule has 0 saturated heterocycles. The maximum absolute atomic E-state index is 13.8. The molecule has 2 unspecified atom stereocenters. The number of nitrogens with one attached hydrogen (secondary N) is 2. The van der Waals surface area contributed by atoms with E-state index in [9.17, 15) is 19.2 Å². The van der Waals surface area contributed by atoms with Crippen LogP contribution in [0.3, 0.4) is 0 Å². The van der Waals surface area contributed by atoms with E-state index >= 15 is 0 Å². The molecule has 206 valence electrons. The van der Waals surface area contributed by atoms with Crippen molar-refractivity contribution >= 4 is 40.3 Å². The third kappa shape index (κ3) is 7.80. The molecule has 0 aliphatic carbocycles. The van der Waals surface area contributed by atoms with Gasteiger partial charge in [0.05, 0.1) is 6.42 Å². The minimum absolute atomic E-state index is 0.455. The summed E-state index contributed by atoms with van der Waals surface area (Å²) in [7, 11) is 1.46. The Kier molecular flexibility index (Phi) is 8.96. The summed E-state index contributed by atoms with van der Waals surface area (Å²) in [5, 5.41) is 7.34. The molecule has 4 amide bonds. The fourth-order valence-corrected chi connectivity index (χ4v) is 4.36. The number of amides is 4. The van der Waals surface area contributed by atoms with Crippen molar-refractivity contribution in [3.63, 3.8) is 0 Å². The zero-order valence-corrected chi connectivity index (χ0v) is 23.2. The lowest BCUT2D eigenvalue weighted by Gasteiger charge is -2.32. The van der Waals surface area contributed by atoms with Gasteiger partial charge in [0.1, 0.15) is 17.7 Å². The summed E-state index contributed by atoms with van der Waals surface area (Å²) in [5.74, 6) is -1.91. The van der Waals surface area contributed by atoms with Gasteiger partial charge in [-0.05, 0) is 68.7 Å². The third-order valence-electron chi connectivity index (χ3n) is 6.11. The molecule has 2 atom stereocenters. The van der Waals surface area contributed by atoms with E-state index in [1.807, 2.05) is 62.4 Å². The second kappa shape index (κ2) is 12.0. The number of hydrogen-bond donors (Lipinski definition) is 3. The van der Waals surface area contributed by atoms with Crippen LogP contribution in [0, 0.1) is 13.8 Å². The zero-order valence-electron chi connectivity index (χ0n) is 23.2. The molecule has 0 saturated carbocycles. The van der Waals surface area contributed by atoms with E-state index < -0.39 is 47.9 Å². The molecule has 9 nitrogen and oxygen atoms in total. The van der Waals surface area contributed by atoms with E-state index in [2.05, 4.69) is 10.6 Å². The molecule has 39 heavy (non-hydrogen) atoms. The van der Waals surface area contributed by atoms with Gasteiger partial charge in [0.25, 0.3) is 5.91 Å². The van der Waals surface area contributed by atoms with Crippen LogP contribution in [0.25, 0.3) is 10.8 Å². The van der Waals surface area contributed by atoms with Gasteiger partial charge in [-0.15, -0.1) is 0 Å². The number of anilines is 1. The van der Waals surface area contributed by atoms with Gasteiger partial charge in [0.2, 0.25) is 11.8 Å². The average Bonchev–Trinajstić information content (AvgIpc) is 2.83. The maximum atomic E-state index is 13.8. The molecule has 4 N–H and O–H groups in total. The lowest BCUT2D eigenvalue weighted by Crippen LogP contribution is -2.52. The van der Waals surface area contributed by atoms with Crippen molar-refractivity contribution in [2.45, 2.75) is 58.7 Å². The Hall–Kier alpha value is -4.40. The Balaban J connectivity index is 1.96. The maximum Gasteiger partial charge on any atom is 0.408 e. The quantitative estimate of drug-likeness (QED) is 0.397. The molecule has 0 spiro atoms. The zero-order chi connectivity index (χ0) is 28.9. The Morgan fingerprint density at radius 2 is 1.62 bits per heavy atom. The van der Waals surface area contributed by atoms with Crippen LogP contribution in [0.4, 0.5) is 10.5 Å². The fourth-order valence-electron chi connectivity index (χ4n) is 4.36. The fraction of sp³-hybridized carbons (Fsp3) is 0.333. The number of carbonyl (C=O) groups excluding carboxylic acids is 4. The predicted molar refractivity (Wildman–Crippen MR) is 151 cm³/mol. The summed E-state index contributed by atoms with van der Waals surface area (Å²) in [5.41, 5.74) is 7.54. The van der Waals surface area contributed by atoms with E-state index in [0.717, 1.165) is 21.9 Å². The van der Waals surface area contributed by atoms with Crippen molar-refractivity contribution in [2.75, 3.05) is 12.4 Å². The molecule has 0 aliphatic rings. The van der Waals surface area contributed by atoms with Crippen LogP contribution in [-0.4, -0.2) is 47.4 Å². The van der Waals surface area contributed by atoms with Gasteiger partial charge in [-0.1, -0.05) is 54.1 Å². The summed E-state index contributed by atoms with van der Waals surface area (Å²) in [6, 6.07) is 16.5. The predicted octanol–water partition coefficient (Wildman–Crippen LogP) is 4.36. The number of rotatable bonds is 8. The number of aryl methyl sites for hydroxylation is 2. The van der Waals surface area contributed by atoms with Crippen LogP contribution in [0.15, 0.2) is 60.7 Å². The molecular formula is C30H36N4O5. The van der Waals surface area contributed by atoms with Gasteiger partial charge in [0.15, 0.2) is 0 Å². The van der Waals surface area contributed by atoms with Crippen LogP contribution in [0.2, 0.25) is 0 Å². The van der Waals surface area contributed by atoms with Crippen LogP contribution in [-0.2, 0) is 19.1 Å². The number of nitrogens with two attached hydrogens (primary N) is 1. The standard InChI is InChI=1S/C30H36N4O5/c1-18-11-14-23(19(2)15-18)26(27(36)32-22-13-12-20-9-7-8-10-21(20)16-22)34(6)28(37)24(17-25(31)35)33-29(38)39-30(3,4)5/h7-16,24,26H,17H2,1-6H3,(H2,31,35)(H,32,36)(H,33,38). The smallest absolute Gasteiger partial charge is 0.408 e. The lowest BCUT2D eigenvalue weighted by atomic mass is 9.96. The molecule has 0 fully saturated rings. The van der Waals surface area contributed by atoms with Crippen molar-refractivity contribution in [2.24, 2.45) is 5.73 Å². The van der Waals surface area contributed by atoms with Crippen LogP contribution in [0.5, 0.6) is 0 Å². The molecule has 0 heterocycles. The normalized spacial score (nSPS) is 12.8.